The van der Waals surface area contributed by atoms with Crippen molar-refractivity contribution in [2.45, 2.75) is 187 Å². The van der Waals surface area contributed by atoms with Crippen LogP contribution in [0.5, 0.6) is 0 Å². The van der Waals surface area contributed by atoms with E-state index < -0.39 is 210 Å². The Labute approximate surface area is 374 Å². The minimum Gasteiger partial charge on any atom is -0.477 e. The highest BCUT2D eigenvalue weighted by molar-refractivity contribution is 5.76. The average molecular weight is 967 g/mol. The number of hydrogen-bond donors (Lipinski definition) is 17. The van der Waals surface area contributed by atoms with Gasteiger partial charge in [-0.3, -0.25) is 9.59 Å². The summed E-state index contributed by atoms with van der Waals surface area (Å²) in [5, 5.41) is 164. The average Bonchev–Trinajstić information content (AvgIpc) is 3.26. The van der Waals surface area contributed by atoms with Gasteiger partial charge < -0.3 is 130 Å². The molecule has 0 radical (unpaired) electrons. The molecule has 5 aliphatic heterocycles. The Bertz CT molecular complexity index is 1590. The first-order chi connectivity index (χ1) is 31.0. The SMILES string of the molecule is CC(=O)N[C@H]1[C@H](O[C@@H]2[C@@H](O)[C@H](O)O[C@H](CO)[C@@H]2O)O[C@H](CO)[C@@H](O[C@@H]2O[C@H](CO)[C@H](O)[C@H](O[C@]3(C(=O)O)C[C@H](O)[C@@H](NC(C)=O)[C@H]([C@H](O)[C@H](O)CO)O3)[C@H]2O)[C@@H]1O[C@H]1C[C@H](O)[C@H](O)[C@H](C)O1. The lowest BCUT2D eigenvalue weighted by atomic mass is 9.88. The number of amides is 2. The van der Waals surface area contributed by atoms with E-state index >= 15 is 0 Å². The van der Waals surface area contributed by atoms with E-state index in [2.05, 4.69) is 10.6 Å². The first-order valence-electron chi connectivity index (χ1n) is 21.0. The Morgan fingerprint density at radius 3 is 1.77 bits per heavy atom. The van der Waals surface area contributed by atoms with Crippen LogP contribution in [0.4, 0.5) is 0 Å². The van der Waals surface area contributed by atoms with Crippen LogP contribution < -0.4 is 10.6 Å². The predicted molar refractivity (Wildman–Crippen MR) is 204 cm³/mol. The second kappa shape index (κ2) is 22.9. The Morgan fingerprint density at radius 1 is 0.652 bits per heavy atom. The van der Waals surface area contributed by atoms with Crippen molar-refractivity contribution < 1.29 is 134 Å². The van der Waals surface area contributed by atoms with Crippen LogP contribution in [0.15, 0.2) is 0 Å². The normalized spacial score (nSPS) is 46.5. The molecule has 25 atom stereocenters. The summed E-state index contributed by atoms with van der Waals surface area (Å²) in [5.41, 5.74) is 0. The summed E-state index contributed by atoms with van der Waals surface area (Å²) in [6.07, 6.45) is -42.6. The van der Waals surface area contributed by atoms with Crippen LogP contribution in [0.1, 0.15) is 33.6 Å². The van der Waals surface area contributed by atoms with Crippen molar-refractivity contribution in [1.82, 2.24) is 10.6 Å². The van der Waals surface area contributed by atoms with Crippen molar-refractivity contribution in [3.63, 3.8) is 0 Å². The highest BCUT2D eigenvalue weighted by Gasteiger charge is 2.61. The number of nitrogens with one attached hydrogen (secondary N) is 2. The van der Waals surface area contributed by atoms with Gasteiger partial charge in [-0.2, -0.15) is 0 Å². The first-order valence-corrected chi connectivity index (χ1v) is 21.0. The summed E-state index contributed by atoms with van der Waals surface area (Å²) >= 11 is 0. The number of rotatable bonds is 17. The zero-order chi connectivity index (χ0) is 49.1. The second-order valence-corrected chi connectivity index (χ2v) is 16.7. The monoisotopic (exact) mass is 966 g/mol. The maximum Gasteiger partial charge on any atom is 0.364 e. The molecular formula is C37H62N2O27. The van der Waals surface area contributed by atoms with Gasteiger partial charge in [-0.25, -0.2) is 4.79 Å². The van der Waals surface area contributed by atoms with E-state index in [1.165, 1.54) is 6.92 Å². The van der Waals surface area contributed by atoms with E-state index in [0.717, 1.165) is 13.8 Å². The zero-order valence-electron chi connectivity index (χ0n) is 35.7. The number of carboxylic acids is 1. The van der Waals surface area contributed by atoms with Crippen molar-refractivity contribution in [2.24, 2.45) is 0 Å². The Hall–Kier alpha value is -2.51. The molecule has 5 fully saturated rings. The van der Waals surface area contributed by atoms with E-state index in [-0.39, 0.29) is 0 Å². The van der Waals surface area contributed by atoms with Gasteiger partial charge >= 0.3 is 5.97 Å². The summed E-state index contributed by atoms with van der Waals surface area (Å²) < 4.78 is 52.2. The van der Waals surface area contributed by atoms with Crippen LogP contribution in [0.2, 0.25) is 0 Å². The van der Waals surface area contributed by atoms with Gasteiger partial charge in [-0.15, -0.1) is 0 Å². The molecule has 29 nitrogen and oxygen atoms in total. The van der Waals surface area contributed by atoms with Crippen molar-refractivity contribution in [3.8, 4) is 0 Å². The standard InChI is InChI=1S/C37H62N2O27/c1-10-22(49)13(46)4-19(58-10)62-30-21(39-12(3)45)34(64-31-24(51)16(7-41)59-33(55)26(31)53)61-18(9-43)28(30)63-35-27(54)32(25(52)17(8-42)60-35)66-37(36(56)57)5-14(47)20(38-11(2)44)29(65-37)23(50)15(48)6-40/h10,13-35,40-43,46-55H,4-9H2,1-3H3,(H,38,44)(H,39,45)(H,56,57)/t10-,13-,14-,15+,16+,17+,18+,19-,20+,21+,22+,23+,24-,25-,26+,27+,28+,29+,30+,31-,32-,33+,34-,35-,37-/m0/s1. The molecule has 5 saturated heterocycles. The van der Waals surface area contributed by atoms with Gasteiger partial charge in [0.05, 0.1) is 50.8 Å². The maximum absolute atomic E-state index is 13.0. The molecule has 17 N–H and O–H groups in total. The van der Waals surface area contributed by atoms with E-state index in [4.69, 9.17) is 42.6 Å². The Kier molecular flexibility index (Phi) is 18.9. The van der Waals surface area contributed by atoms with Crippen LogP contribution in [0.3, 0.4) is 0 Å². The third kappa shape index (κ3) is 11.7. The lowest BCUT2D eigenvalue weighted by molar-refractivity contribution is -0.393. The van der Waals surface area contributed by atoms with E-state index in [0.29, 0.717) is 0 Å². The number of aliphatic hydroxyl groups excluding tert-OH is 14. The van der Waals surface area contributed by atoms with Gasteiger partial charge in [0, 0.05) is 26.7 Å². The lowest BCUT2D eigenvalue weighted by Crippen LogP contribution is -2.71. The molecule has 5 rings (SSSR count). The van der Waals surface area contributed by atoms with Crippen LogP contribution >= 0.6 is 0 Å². The molecule has 382 valence electrons. The fourth-order valence-electron chi connectivity index (χ4n) is 8.48. The summed E-state index contributed by atoms with van der Waals surface area (Å²) in [6, 6.07) is -3.33. The molecule has 0 saturated carbocycles. The lowest BCUT2D eigenvalue weighted by Gasteiger charge is -2.52. The summed E-state index contributed by atoms with van der Waals surface area (Å²) in [5.74, 6) is -6.84. The number of aliphatic hydroxyl groups is 14. The molecule has 0 aliphatic carbocycles. The van der Waals surface area contributed by atoms with Crippen LogP contribution in [-0.4, -0.2) is 274 Å². The largest absolute Gasteiger partial charge is 0.477 e. The molecule has 0 aromatic heterocycles. The number of hydrogen-bond acceptors (Lipinski definition) is 26. The van der Waals surface area contributed by atoms with Crippen molar-refractivity contribution in [3.05, 3.63) is 0 Å². The van der Waals surface area contributed by atoms with E-state index in [1.54, 1.807) is 0 Å². The quantitative estimate of drug-likeness (QED) is 0.0643. The topological polar surface area (TPSA) is 462 Å². The van der Waals surface area contributed by atoms with Gasteiger partial charge in [-0.1, -0.05) is 0 Å². The van der Waals surface area contributed by atoms with Crippen LogP contribution in [0.25, 0.3) is 0 Å². The summed E-state index contributed by atoms with van der Waals surface area (Å²) in [4.78, 5) is 37.9. The summed E-state index contributed by atoms with van der Waals surface area (Å²) in [7, 11) is 0. The Morgan fingerprint density at radius 2 is 1.21 bits per heavy atom. The van der Waals surface area contributed by atoms with Crippen LogP contribution in [0, 0.1) is 0 Å². The highest BCUT2D eigenvalue weighted by Crippen LogP contribution is 2.40. The molecule has 0 unspecified atom stereocenters. The fourth-order valence-corrected chi connectivity index (χ4v) is 8.48. The summed E-state index contributed by atoms with van der Waals surface area (Å²) in [6.45, 7) is -0.704. The first kappa shape index (κ1) is 54.4. The minimum atomic E-state index is -3.17. The number of carbonyl (C=O) groups is 3. The number of ether oxygens (including phenoxy) is 9. The molecule has 5 heterocycles. The van der Waals surface area contributed by atoms with Gasteiger partial charge in [0.2, 0.25) is 11.8 Å². The Balaban J connectivity index is 1.53. The maximum atomic E-state index is 13.0. The van der Waals surface area contributed by atoms with E-state index in [9.17, 15) is 91.0 Å². The molecule has 0 aromatic carbocycles. The molecule has 0 bridgehead atoms. The minimum absolute atomic E-state index is 0.437. The van der Waals surface area contributed by atoms with Crippen molar-refractivity contribution in [1.29, 1.82) is 0 Å². The number of aliphatic carboxylic acids is 1. The highest BCUT2D eigenvalue weighted by atomic mass is 16.8. The predicted octanol–water partition coefficient (Wildman–Crippen LogP) is -10.4. The van der Waals surface area contributed by atoms with Gasteiger partial charge in [0.15, 0.2) is 25.2 Å². The molecule has 2 amide bonds. The van der Waals surface area contributed by atoms with Crippen LogP contribution in [-0.2, 0) is 57.0 Å². The molecule has 29 heteroatoms. The smallest absolute Gasteiger partial charge is 0.364 e. The van der Waals surface area contributed by atoms with Crippen molar-refractivity contribution in [2.75, 3.05) is 26.4 Å². The van der Waals surface area contributed by atoms with E-state index in [1.807, 2.05) is 0 Å². The van der Waals surface area contributed by atoms with Crippen molar-refractivity contribution >= 4 is 17.8 Å². The molecule has 0 spiro atoms. The van der Waals surface area contributed by atoms with Gasteiger partial charge in [-0.05, 0) is 6.92 Å². The molecule has 0 aromatic rings. The third-order valence-corrected chi connectivity index (χ3v) is 11.9. The van der Waals surface area contributed by atoms with Gasteiger partial charge in [0.25, 0.3) is 5.79 Å². The fraction of sp³-hybridized carbons (Fsp3) is 0.919. The molecule has 66 heavy (non-hydrogen) atoms. The van der Waals surface area contributed by atoms with Gasteiger partial charge in [0.1, 0.15) is 97.6 Å². The zero-order valence-corrected chi connectivity index (χ0v) is 35.7. The third-order valence-electron chi connectivity index (χ3n) is 11.9. The second-order valence-electron chi connectivity index (χ2n) is 16.7. The molecule has 5 aliphatic rings. The number of carboxylic acid groups (broad SMARTS) is 1. The molecular weight excluding hydrogens is 904 g/mol. The number of carbonyl (C=O) groups excluding carboxylic acids is 2.